The zero-order valence-corrected chi connectivity index (χ0v) is 14.6. The maximum atomic E-state index is 13.6. The first-order chi connectivity index (χ1) is 12.5. The van der Waals surface area contributed by atoms with Gasteiger partial charge in [0.25, 0.3) is 5.91 Å². The molecule has 26 heavy (non-hydrogen) atoms. The third-order valence-electron chi connectivity index (χ3n) is 4.16. The van der Waals surface area contributed by atoms with Crippen LogP contribution in [-0.4, -0.2) is 16.1 Å². The number of nitrogens with zero attached hydrogens (tertiary/aromatic N) is 2. The number of aryl methyl sites for hydroxylation is 1. The monoisotopic (exact) mass is 350 g/mol. The number of aromatic nitrogens is 2. The van der Waals surface area contributed by atoms with E-state index < -0.39 is 5.91 Å². The molecule has 0 saturated heterocycles. The molecule has 3 rings (SSSR count). The van der Waals surface area contributed by atoms with Gasteiger partial charge >= 0.3 is 0 Å². The third-order valence-corrected chi connectivity index (χ3v) is 4.16. The summed E-state index contributed by atoms with van der Waals surface area (Å²) in [6, 6.07) is 15.5. The molecule has 0 aliphatic rings. The fourth-order valence-corrected chi connectivity index (χ4v) is 2.45. The summed E-state index contributed by atoms with van der Waals surface area (Å²) < 4.78 is 13.6. The summed E-state index contributed by atoms with van der Waals surface area (Å²) >= 11 is 0. The van der Waals surface area contributed by atoms with Crippen molar-refractivity contribution in [2.45, 2.75) is 20.4 Å². The zero-order chi connectivity index (χ0) is 18.5. The van der Waals surface area contributed by atoms with E-state index in [0.29, 0.717) is 11.4 Å². The molecule has 0 atom stereocenters. The molecule has 5 nitrogen and oxygen atoms in total. The lowest BCUT2D eigenvalue weighted by molar-refractivity contribution is 0.0944. The van der Waals surface area contributed by atoms with Gasteiger partial charge in [0, 0.05) is 17.8 Å². The third kappa shape index (κ3) is 4.03. The minimum absolute atomic E-state index is 0.0929. The Kier molecular flexibility index (Phi) is 5.22. The number of benzene rings is 2. The van der Waals surface area contributed by atoms with Crippen LogP contribution in [0, 0.1) is 19.7 Å². The lowest BCUT2D eigenvalue weighted by atomic mass is 10.1. The van der Waals surface area contributed by atoms with Crippen LogP contribution in [0.5, 0.6) is 0 Å². The Hall–Kier alpha value is -3.28. The first kappa shape index (κ1) is 17.5. The molecule has 1 heterocycles. The topological polar surface area (TPSA) is 66.9 Å². The van der Waals surface area contributed by atoms with E-state index in [1.165, 1.54) is 11.6 Å². The minimum atomic E-state index is -0.404. The molecule has 0 fully saturated rings. The van der Waals surface area contributed by atoms with E-state index in [9.17, 15) is 9.18 Å². The molecule has 0 saturated carbocycles. The first-order valence-electron chi connectivity index (χ1n) is 8.23. The predicted octanol–water partition coefficient (Wildman–Crippen LogP) is 3.91. The molecule has 2 aromatic carbocycles. The van der Waals surface area contributed by atoms with Crippen molar-refractivity contribution in [3.05, 3.63) is 82.8 Å². The second-order valence-electron chi connectivity index (χ2n) is 5.95. The molecule has 1 amide bonds. The minimum Gasteiger partial charge on any atom is -0.346 e. The largest absolute Gasteiger partial charge is 0.346 e. The van der Waals surface area contributed by atoms with E-state index in [0.717, 1.165) is 11.3 Å². The molecule has 1 aromatic heterocycles. The highest BCUT2D eigenvalue weighted by Gasteiger charge is 2.10. The van der Waals surface area contributed by atoms with Gasteiger partial charge in [-0.05, 0) is 49.2 Å². The number of rotatable bonds is 5. The maximum absolute atomic E-state index is 13.6. The van der Waals surface area contributed by atoms with Gasteiger partial charge in [0.15, 0.2) is 11.5 Å². The number of carbonyl (C=O) groups is 1. The summed E-state index contributed by atoms with van der Waals surface area (Å²) in [6.45, 7) is 4.15. The highest BCUT2D eigenvalue weighted by atomic mass is 19.1. The summed E-state index contributed by atoms with van der Waals surface area (Å²) in [6.07, 6.45) is 0. The molecule has 0 aliphatic heterocycles. The lowest BCUT2D eigenvalue weighted by Crippen LogP contribution is -2.24. The molecular formula is C20H19FN4O. The Bertz CT molecular complexity index is 925. The molecule has 0 radical (unpaired) electrons. The van der Waals surface area contributed by atoms with Crippen molar-refractivity contribution in [1.29, 1.82) is 0 Å². The Balaban J connectivity index is 1.64. The van der Waals surface area contributed by atoms with Crippen molar-refractivity contribution in [2.75, 3.05) is 5.32 Å². The Labute approximate surface area is 151 Å². The van der Waals surface area contributed by atoms with E-state index in [2.05, 4.69) is 20.8 Å². The molecule has 0 unspecified atom stereocenters. The number of hydrogen-bond acceptors (Lipinski definition) is 4. The summed E-state index contributed by atoms with van der Waals surface area (Å²) in [4.78, 5) is 12.1. The van der Waals surface area contributed by atoms with Gasteiger partial charge in [-0.25, -0.2) is 4.39 Å². The van der Waals surface area contributed by atoms with Gasteiger partial charge < -0.3 is 10.6 Å². The quantitative estimate of drug-likeness (QED) is 0.732. The van der Waals surface area contributed by atoms with Crippen molar-refractivity contribution in [2.24, 2.45) is 0 Å². The lowest BCUT2D eigenvalue weighted by Gasteiger charge is -2.10. The normalized spacial score (nSPS) is 10.4. The van der Waals surface area contributed by atoms with Crippen LogP contribution in [0.2, 0.25) is 0 Å². The number of amides is 1. The van der Waals surface area contributed by atoms with E-state index in [1.54, 1.807) is 30.3 Å². The molecule has 132 valence electrons. The van der Waals surface area contributed by atoms with Crippen LogP contribution >= 0.6 is 0 Å². The summed E-state index contributed by atoms with van der Waals surface area (Å²) in [5, 5.41) is 13.8. The highest BCUT2D eigenvalue weighted by Crippen LogP contribution is 2.21. The molecule has 2 N–H and O–H groups in total. The summed E-state index contributed by atoms with van der Waals surface area (Å²) in [5.41, 5.74) is 3.83. The smallest absolute Gasteiger partial charge is 0.272 e. The van der Waals surface area contributed by atoms with Crippen LogP contribution in [0.3, 0.4) is 0 Å². The molecule has 6 heteroatoms. The molecule has 0 bridgehead atoms. The number of hydrogen-bond donors (Lipinski definition) is 2. The number of nitrogens with one attached hydrogen (secondary N) is 2. The average Bonchev–Trinajstić information content (AvgIpc) is 2.65. The second-order valence-corrected chi connectivity index (χ2v) is 5.95. The van der Waals surface area contributed by atoms with E-state index in [1.807, 2.05) is 32.0 Å². The van der Waals surface area contributed by atoms with Crippen molar-refractivity contribution < 1.29 is 9.18 Å². The Morgan fingerprint density at radius 3 is 2.54 bits per heavy atom. The molecular weight excluding hydrogens is 331 g/mol. The summed E-state index contributed by atoms with van der Waals surface area (Å²) in [5.74, 6) is -0.213. The fraction of sp³-hybridized carbons (Fsp3) is 0.150. The van der Waals surface area contributed by atoms with Crippen molar-refractivity contribution in [1.82, 2.24) is 15.5 Å². The van der Waals surface area contributed by atoms with Gasteiger partial charge in [-0.3, -0.25) is 4.79 Å². The van der Waals surface area contributed by atoms with Crippen LogP contribution < -0.4 is 10.6 Å². The summed E-state index contributed by atoms with van der Waals surface area (Å²) in [7, 11) is 0. The SMILES string of the molecule is Cc1cccc(Nc2ccc(C(=O)NCc3ccccc3F)nn2)c1C. The highest BCUT2D eigenvalue weighted by molar-refractivity contribution is 5.92. The van der Waals surface area contributed by atoms with Crippen LogP contribution in [0.25, 0.3) is 0 Å². The maximum Gasteiger partial charge on any atom is 0.272 e. The first-order valence-corrected chi connectivity index (χ1v) is 8.23. The average molecular weight is 350 g/mol. The van der Waals surface area contributed by atoms with Gasteiger partial charge in [0.1, 0.15) is 5.82 Å². The van der Waals surface area contributed by atoms with Gasteiger partial charge in [0.2, 0.25) is 0 Å². The van der Waals surface area contributed by atoms with E-state index in [4.69, 9.17) is 0 Å². The number of anilines is 2. The number of halogens is 1. The van der Waals surface area contributed by atoms with Crippen molar-refractivity contribution in [3.63, 3.8) is 0 Å². The zero-order valence-electron chi connectivity index (χ0n) is 14.6. The van der Waals surface area contributed by atoms with Gasteiger partial charge in [-0.15, -0.1) is 10.2 Å². The molecule has 3 aromatic rings. The van der Waals surface area contributed by atoms with E-state index >= 15 is 0 Å². The molecule has 0 aliphatic carbocycles. The second kappa shape index (κ2) is 7.74. The Morgan fingerprint density at radius 2 is 1.81 bits per heavy atom. The van der Waals surface area contributed by atoms with Crippen molar-refractivity contribution >= 4 is 17.4 Å². The Morgan fingerprint density at radius 1 is 1.00 bits per heavy atom. The van der Waals surface area contributed by atoms with Gasteiger partial charge in [0.05, 0.1) is 0 Å². The van der Waals surface area contributed by atoms with E-state index in [-0.39, 0.29) is 18.1 Å². The van der Waals surface area contributed by atoms with Crippen LogP contribution in [-0.2, 0) is 6.54 Å². The van der Waals surface area contributed by atoms with Gasteiger partial charge in [-0.2, -0.15) is 0 Å². The van der Waals surface area contributed by atoms with Crippen LogP contribution in [0.15, 0.2) is 54.6 Å². The van der Waals surface area contributed by atoms with Crippen LogP contribution in [0.1, 0.15) is 27.2 Å². The predicted molar refractivity (Wildman–Crippen MR) is 98.8 cm³/mol. The molecule has 0 spiro atoms. The van der Waals surface area contributed by atoms with Crippen molar-refractivity contribution in [3.8, 4) is 0 Å². The van der Waals surface area contributed by atoms with Gasteiger partial charge in [-0.1, -0.05) is 30.3 Å². The standard InChI is InChI=1S/C20H19FN4O/c1-13-6-5-9-17(14(13)2)23-19-11-10-18(24-25-19)20(26)22-12-15-7-3-4-8-16(15)21/h3-11H,12H2,1-2H3,(H,22,26)(H,23,25). The number of carbonyl (C=O) groups excluding carboxylic acids is 1. The fourth-order valence-electron chi connectivity index (χ4n) is 2.45. The van der Waals surface area contributed by atoms with Crippen LogP contribution in [0.4, 0.5) is 15.9 Å².